The van der Waals surface area contributed by atoms with Crippen LogP contribution in [0.4, 0.5) is 0 Å². The van der Waals surface area contributed by atoms with Crippen molar-refractivity contribution < 1.29 is 0 Å². The third kappa shape index (κ3) is 3.38. The lowest BCUT2D eigenvalue weighted by Gasteiger charge is -2.59. The van der Waals surface area contributed by atoms with Crippen molar-refractivity contribution >= 4 is 0 Å². The van der Waals surface area contributed by atoms with Crippen molar-refractivity contribution in [2.45, 2.75) is 90.4 Å². The predicted octanol–water partition coefficient (Wildman–Crippen LogP) is 5.61. The Kier molecular flexibility index (Phi) is 5.09. The standard InChI is InChI=1S/C20H35N/c1-2-14-21-17-20(18-10-6-5-7-11-18)15-19(16-20)12-8-3-4-9-13-19/h10,21H,2-9,11-17H2,1H3. The second-order valence-electron chi connectivity index (χ2n) is 8.20. The van der Waals surface area contributed by atoms with Crippen LogP contribution in [0.3, 0.4) is 0 Å². The number of hydrogen-bond acceptors (Lipinski definition) is 1. The molecular formula is C20H35N. The highest BCUT2D eigenvalue weighted by atomic mass is 14.9. The third-order valence-electron chi connectivity index (χ3n) is 6.45. The van der Waals surface area contributed by atoms with E-state index in [0.717, 1.165) is 5.41 Å². The van der Waals surface area contributed by atoms with Gasteiger partial charge in [-0.15, -0.1) is 0 Å². The summed E-state index contributed by atoms with van der Waals surface area (Å²) < 4.78 is 0. The molecule has 3 rings (SSSR count). The first-order valence-electron chi connectivity index (χ1n) is 9.69. The average molecular weight is 290 g/mol. The van der Waals surface area contributed by atoms with Crippen LogP contribution in [0.25, 0.3) is 0 Å². The van der Waals surface area contributed by atoms with Gasteiger partial charge in [-0.3, -0.25) is 0 Å². The molecule has 0 aromatic rings. The maximum absolute atomic E-state index is 3.77. The molecule has 0 saturated heterocycles. The molecule has 120 valence electrons. The van der Waals surface area contributed by atoms with Gasteiger partial charge in [0.25, 0.3) is 0 Å². The monoisotopic (exact) mass is 289 g/mol. The lowest BCUT2D eigenvalue weighted by atomic mass is 9.47. The van der Waals surface area contributed by atoms with Crippen molar-refractivity contribution in [2.75, 3.05) is 13.1 Å². The molecule has 3 aliphatic carbocycles. The highest BCUT2D eigenvalue weighted by Gasteiger charge is 2.54. The largest absolute Gasteiger partial charge is 0.316 e. The van der Waals surface area contributed by atoms with E-state index in [2.05, 4.69) is 18.3 Å². The number of nitrogens with one attached hydrogen (secondary N) is 1. The Hall–Kier alpha value is -0.300. The molecule has 0 bridgehead atoms. The van der Waals surface area contributed by atoms with Crippen LogP contribution in [0.5, 0.6) is 0 Å². The first-order chi connectivity index (χ1) is 10.3. The van der Waals surface area contributed by atoms with Crippen LogP contribution in [0, 0.1) is 10.8 Å². The molecule has 21 heavy (non-hydrogen) atoms. The van der Waals surface area contributed by atoms with Crippen molar-refractivity contribution in [3.05, 3.63) is 11.6 Å². The van der Waals surface area contributed by atoms with E-state index in [1.165, 1.54) is 96.6 Å². The zero-order chi connectivity index (χ0) is 14.6. The molecule has 1 spiro atoms. The summed E-state index contributed by atoms with van der Waals surface area (Å²) in [6, 6.07) is 0. The van der Waals surface area contributed by atoms with E-state index in [1.54, 1.807) is 0 Å². The number of rotatable bonds is 5. The molecule has 1 heteroatoms. The SMILES string of the molecule is CCCNCC1(C2=CCCCC2)CC2(CCCCCC2)C1. The van der Waals surface area contributed by atoms with E-state index >= 15 is 0 Å². The highest BCUT2D eigenvalue weighted by molar-refractivity contribution is 5.25. The molecule has 0 aliphatic heterocycles. The zero-order valence-corrected chi connectivity index (χ0v) is 14.2. The third-order valence-corrected chi connectivity index (χ3v) is 6.45. The fourth-order valence-electron chi connectivity index (χ4n) is 5.51. The van der Waals surface area contributed by atoms with Crippen LogP contribution in [0.15, 0.2) is 11.6 Å². The Morgan fingerprint density at radius 2 is 1.76 bits per heavy atom. The Labute approximate surface area is 132 Å². The van der Waals surface area contributed by atoms with Gasteiger partial charge < -0.3 is 5.32 Å². The van der Waals surface area contributed by atoms with Crippen molar-refractivity contribution in [1.29, 1.82) is 0 Å². The molecule has 0 heterocycles. The van der Waals surface area contributed by atoms with Gasteiger partial charge in [-0.05, 0) is 69.7 Å². The Bertz CT molecular complexity index is 352. The summed E-state index contributed by atoms with van der Waals surface area (Å²) in [5.41, 5.74) is 3.13. The first-order valence-corrected chi connectivity index (χ1v) is 9.69. The van der Waals surface area contributed by atoms with E-state index in [1.807, 2.05) is 5.57 Å². The van der Waals surface area contributed by atoms with Gasteiger partial charge in [-0.25, -0.2) is 0 Å². The maximum atomic E-state index is 3.77. The van der Waals surface area contributed by atoms with Gasteiger partial charge >= 0.3 is 0 Å². The van der Waals surface area contributed by atoms with Gasteiger partial charge in [0.2, 0.25) is 0 Å². The molecule has 0 aromatic carbocycles. The minimum Gasteiger partial charge on any atom is -0.316 e. The van der Waals surface area contributed by atoms with E-state index < -0.39 is 0 Å². The van der Waals surface area contributed by atoms with E-state index in [0.29, 0.717) is 5.41 Å². The summed E-state index contributed by atoms with van der Waals surface area (Å²) in [6.45, 7) is 4.74. The lowest BCUT2D eigenvalue weighted by molar-refractivity contribution is -0.0276. The summed E-state index contributed by atoms with van der Waals surface area (Å²) in [7, 11) is 0. The summed E-state index contributed by atoms with van der Waals surface area (Å²) in [6.07, 6.45) is 21.5. The lowest BCUT2D eigenvalue weighted by Crippen LogP contribution is -2.53. The summed E-state index contributed by atoms with van der Waals surface area (Å²) in [4.78, 5) is 0. The first kappa shape index (κ1) is 15.6. The van der Waals surface area contributed by atoms with Crippen LogP contribution >= 0.6 is 0 Å². The highest BCUT2D eigenvalue weighted by Crippen LogP contribution is 2.64. The van der Waals surface area contributed by atoms with Crippen LogP contribution in [-0.4, -0.2) is 13.1 Å². The van der Waals surface area contributed by atoms with Gasteiger partial charge in [0.15, 0.2) is 0 Å². The summed E-state index contributed by atoms with van der Waals surface area (Å²) in [5.74, 6) is 0. The fraction of sp³-hybridized carbons (Fsp3) is 0.900. The molecule has 3 aliphatic rings. The molecular weight excluding hydrogens is 254 g/mol. The molecule has 1 N–H and O–H groups in total. The number of hydrogen-bond donors (Lipinski definition) is 1. The van der Waals surface area contributed by atoms with Crippen molar-refractivity contribution in [3.63, 3.8) is 0 Å². The molecule has 0 aromatic heterocycles. The van der Waals surface area contributed by atoms with E-state index in [4.69, 9.17) is 0 Å². The van der Waals surface area contributed by atoms with Crippen molar-refractivity contribution in [2.24, 2.45) is 10.8 Å². The van der Waals surface area contributed by atoms with Gasteiger partial charge in [0.1, 0.15) is 0 Å². The zero-order valence-electron chi connectivity index (χ0n) is 14.2. The quantitative estimate of drug-likeness (QED) is 0.512. The summed E-state index contributed by atoms with van der Waals surface area (Å²) >= 11 is 0. The Balaban J connectivity index is 1.68. The fourth-order valence-corrected chi connectivity index (χ4v) is 5.51. The average Bonchev–Trinajstić information content (AvgIpc) is 2.73. The van der Waals surface area contributed by atoms with Crippen LogP contribution in [0.1, 0.15) is 90.4 Å². The normalized spacial score (nSPS) is 27.8. The van der Waals surface area contributed by atoms with Crippen LogP contribution in [0.2, 0.25) is 0 Å². The van der Waals surface area contributed by atoms with E-state index in [-0.39, 0.29) is 0 Å². The number of allylic oxidation sites excluding steroid dienone is 1. The molecule has 2 saturated carbocycles. The molecule has 0 amide bonds. The Morgan fingerprint density at radius 3 is 2.38 bits per heavy atom. The molecule has 0 atom stereocenters. The minimum atomic E-state index is 0.555. The predicted molar refractivity (Wildman–Crippen MR) is 91.5 cm³/mol. The van der Waals surface area contributed by atoms with Gasteiger partial charge in [-0.2, -0.15) is 0 Å². The van der Waals surface area contributed by atoms with E-state index in [9.17, 15) is 0 Å². The van der Waals surface area contributed by atoms with Gasteiger partial charge in [0.05, 0.1) is 0 Å². The van der Waals surface area contributed by atoms with Crippen molar-refractivity contribution in [3.8, 4) is 0 Å². The van der Waals surface area contributed by atoms with Gasteiger partial charge in [-0.1, -0.05) is 44.3 Å². The molecule has 1 nitrogen and oxygen atoms in total. The minimum absolute atomic E-state index is 0.555. The molecule has 0 unspecified atom stereocenters. The van der Waals surface area contributed by atoms with Gasteiger partial charge in [0, 0.05) is 12.0 Å². The Morgan fingerprint density at radius 1 is 1.00 bits per heavy atom. The topological polar surface area (TPSA) is 12.0 Å². The van der Waals surface area contributed by atoms with Crippen LogP contribution < -0.4 is 5.32 Å². The van der Waals surface area contributed by atoms with Crippen LogP contribution in [-0.2, 0) is 0 Å². The molecule has 0 radical (unpaired) electrons. The van der Waals surface area contributed by atoms with Crippen molar-refractivity contribution in [1.82, 2.24) is 5.32 Å². The second kappa shape index (κ2) is 6.86. The maximum Gasteiger partial charge on any atom is 0.00472 e. The molecule has 2 fully saturated rings. The second-order valence-corrected chi connectivity index (χ2v) is 8.20. The summed E-state index contributed by atoms with van der Waals surface area (Å²) in [5, 5.41) is 3.77. The smallest absolute Gasteiger partial charge is 0.00472 e.